The predicted octanol–water partition coefficient (Wildman–Crippen LogP) is 3.17. The number of carboxylic acids is 1. The van der Waals surface area contributed by atoms with Crippen molar-refractivity contribution in [2.75, 3.05) is 12.3 Å². The van der Waals surface area contributed by atoms with Gasteiger partial charge in [-0.1, -0.05) is 18.2 Å². The first-order valence-corrected chi connectivity index (χ1v) is 8.15. The second-order valence-corrected chi connectivity index (χ2v) is 6.24. The molecule has 0 bridgehead atoms. The van der Waals surface area contributed by atoms with Gasteiger partial charge in [0.2, 0.25) is 5.91 Å². The van der Waals surface area contributed by atoms with Gasteiger partial charge >= 0.3 is 12.1 Å². The molecule has 3 rings (SSSR count). The summed E-state index contributed by atoms with van der Waals surface area (Å²) in [6, 6.07) is 6.71. The van der Waals surface area contributed by atoms with Crippen LogP contribution < -0.4 is 5.73 Å². The molecule has 27 heavy (non-hydrogen) atoms. The Balaban J connectivity index is 2.07. The first kappa shape index (κ1) is 18.7. The molecule has 9 heteroatoms. The van der Waals surface area contributed by atoms with E-state index in [1.807, 2.05) is 0 Å². The molecule has 2 heterocycles. The molecule has 0 radical (unpaired) electrons. The fourth-order valence-electron chi connectivity index (χ4n) is 3.04. The van der Waals surface area contributed by atoms with E-state index >= 15 is 0 Å². The van der Waals surface area contributed by atoms with E-state index in [1.54, 1.807) is 17.0 Å². The van der Waals surface area contributed by atoms with E-state index in [4.69, 9.17) is 10.8 Å². The fraction of sp³-hybridized carbons (Fsp3) is 0.278. The van der Waals surface area contributed by atoms with E-state index in [-0.39, 0.29) is 18.0 Å². The van der Waals surface area contributed by atoms with Crippen LogP contribution in [0, 0.1) is 0 Å². The first-order valence-electron chi connectivity index (χ1n) is 8.15. The van der Waals surface area contributed by atoms with E-state index in [9.17, 15) is 22.8 Å². The van der Waals surface area contributed by atoms with E-state index in [0.717, 1.165) is 6.42 Å². The maximum atomic E-state index is 13.4. The van der Waals surface area contributed by atoms with Crippen LogP contribution in [0.2, 0.25) is 0 Å². The lowest BCUT2D eigenvalue weighted by atomic mass is 10.0. The SMILES string of the molecule is Nc1cc(C(F)(F)F)c(-c2cccc(CN3CCCC3=O)c2)nc1C(=O)O. The highest BCUT2D eigenvalue weighted by molar-refractivity contribution is 5.92. The second-order valence-electron chi connectivity index (χ2n) is 6.24. The largest absolute Gasteiger partial charge is 0.476 e. The number of alkyl halides is 3. The number of likely N-dealkylation sites (tertiary alicyclic amines) is 1. The number of nitrogen functional groups attached to an aromatic ring is 1. The quantitative estimate of drug-likeness (QED) is 0.851. The molecule has 0 aliphatic carbocycles. The summed E-state index contributed by atoms with van der Waals surface area (Å²) in [7, 11) is 0. The van der Waals surface area contributed by atoms with Crippen LogP contribution in [-0.4, -0.2) is 33.4 Å². The van der Waals surface area contributed by atoms with Gasteiger partial charge in [0.15, 0.2) is 5.69 Å². The van der Waals surface area contributed by atoms with Crippen molar-refractivity contribution in [1.82, 2.24) is 9.88 Å². The van der Waals surface area contributed by atoms with E-state index in [0.29, 0.717) is 24.6 Å². The van der Waals surface area contributed by atoms with Gasteiger partial charge in [0, 0.05) is 25.1 Å². The average molecular weight is 379 g/mol. The van der Waals surface area contributed by atoms with Crippen molar-refractivity contribution >= 4 is 17.6 Å². The molecule has 0 saturated carbocycles. The summed E-state index contributed by atoms with van der Waals surface area (Å²) >= 11 is 0. The van der Waals surface area contributed by atoms with Crippen LogP contribution in [0.1, 0.15) is 34.5 Å². The van der Waals surface area contributed by atoms with Gasteiger partial charge in [-0.05, 0) is 24.1 Å². The standard InChI is InChI=1S/C18H16F3N3O3/c19-18(20,21)12-8-13(22)16(17(26)27)23-15(12)11-4-1-3-10(7-11)9-24-6-2-5-14(24)25/h1,3-4,7-8H,2,5-6,9,22H2,(H,26,27). The van der Waals surface area contributed by atoms with Gasteiger partial charge in [0.1, 0.15) is 0 Å². The molecule has 1 amide bonds. The molecule has 1 fully saturated rings. The summed E-state index contributed by atoms with van der Waals surface area (Å²) in [5.74, 6) is -1.52. The van der Waals surface area contributed by atoms with Crippen LogP contribution in [0.3, 0.4) is 0 Å². The van der Waals surface area contributed by atoms with Gasteiger partial charge in [0.25, 0.3) is 0 Å². The lowest BCUT2D eigenvalue weighted by Gasteiger charge is -2.17. The summed E-state index contributed by atoms with van der Waals surface area (Å²) in [5, 5.41) is 9.14. The molecule has 6 nitrogen and oxygen atoms in total. The third-order valence-corrected chi connectivity index (χ3v) is 4.31. The third kappa shape index (κ3) is 3.86. The number of anilines is 1. The van der Waals surface area contributed by atoms with Crippen molar-refractivity contribution in [3.05, 3.63) is 47.2 Å². The summed E-state index contributed by atoms with van der Waals surface area (Å²) in [4.78, 5) is 28.3. The zero-order chi connectivity index (χ0) is 19.8. The van der Waals surface area contributed by atoms with Crippen LogP contribution in [0.25, 0.3) is 11.3 Å². The molecule has 1 aromatic carbocycles. The lowest BCUT2D eigenvalue weighted by Crippen LogP contribution is -2.23. The topological polar surface area (TPSA) is 96.5 Å². The molecule has 1 aliphatic rings. The van der Waals surface area contributed by atoms with Crippen molar-refractivity contribution in [2.24, 2.45) is 0 Å². The van der Waals surface area contributed by atoms with Crippen LogP contribution in [-0.2, 0) is 17.5 Å². The van der Waals surface area contributed by atoms with Gasteiger partial charge in [-0.15, -0.1) is 0 Å². The van der Waals surface area contributed by atoms with Crippen molar-refractivity contribution in [3.8, 4) is 11.3 Å². The van der Waals surface area contributed by atoms with Crippen molar-refractivity contribution < 1.29 is 27.9 Å². The van der Waals surface area contributed by atoms with E-state index in [1.165, 1.54) is 12.1 Å². The van der Waals surface area contributed by atoms with Crippen molar-refractivity contribution in [3.63, 3.8) is 0 Å². The Labute approximate surface area is 152 Å². The molecular formula is C18H16F3N3O3. The lowest BCUT2D eigenvalue weighted by molar-refractivity contribution is -0.137. The van der Waals surface area contributed by atoms with Gasteiger partial charge in [-0.3, -0.25) is 4.79 Å². The Bertz CT molecular complexity index is 912. The van der Waals surface area contributed by atoms with Crippen LogP contribution >= 0.6 is 0 Å². The number of aromatic carboxylic acids is 1. The number of hydrogen-bond acceptors (Lipinski definition) is 4. The number of carboxylic acid groups (broad SMARTS) is 1. The van der Waals surface area contributed by atoms with Crippen LogP contribution in [0.4, 0.5) is 18.9 Å². The van der Waals surface area contributed by atoms with E-state index < -0.39 is 34.8 Å². The zero-order valence-electron chi connectivity index (χ0n) is 14.1. The van der Waals surface area contributed by atoms with Crippen LogP contribution in [0.5, 0.6) is 0 Å². The molecule has 0 spiro atoms. The molecule has 1 aromatic heterocycles. The molecule has 1 aliphatic heterocycles. The minimum atomic E-state index is -4.76. The monoisotopic (exact) mass is 379 g/mol. The van der Waals surface area contributed by atoms with Gasteiger partial charge in [0.05, 0.1) is 16.9 Å². The van der Waals surface area contributed by atoms with E-state index in [2.05, 4.69) is 4.98 Å². The highest BCUT2D eigenvalue weighted by Crippen LogP contribution is 2.38. The van der Waals surface area contributed by atoms with Crippen molar-refractivity contribution in [1.29, 1.82) is 0 Å². The molecule has 142 valence electrons. The Morgan fingerprint density at radius 2 is 2.04 bits per heavy atom. The number of nitrogens with two attached hydrogens (primary N) is 1. The fourth-order valence-corrected chi connectivity index (χ4v) is 3.04. The molecule has 3 N–H and O–H groups in total. The zero-order valence-corrected chi connectivity index (χ0v) is 14.1. The number of halogens is 3. The Morgan fingerprint density at radius 3 is 2.63 bits per heavy atom. The van der Waals surface area contributed by atoms with Gasteiger partial charge in [-0.2, -0.15) is 13.2 Å². The average Bonchev–Trinajstić information content (AvgIpc) is 2.98. The number of amides is 1. The van der Waals surface area contributed by atoms with Gasteiger partial charge in [-0.25, -0.2) is 9.78 Å². The Morgan fingerprint density at radius 1 is 1.30 bits per heavy atom. The minimum absolute atomic E-state index is 0.00448. The normalized spacial score (nSPS) is 14.6. The number of carbonyl (C=O) groups is 2. The van der Waals surface area contributed by atoms with Crippen LogP contribution in [0.15, 0.2) is 30.3 Å². The molecule has 0 unspecified atom stereocenters. The smallest absolute Gasteiger partial charge is 0.418 e. The predicted molar refractivity (Wildman–Crippen MR) is 90.7 cm³/mol. The summed E-state index contributed by atoms with van der Waals surface area (Å²) in [5.41, 5.74) is 3.35. The molecule has 1 saturated heterocycles. The summed E-state index contributed by atoms with van der Waals surface area (Å²) in [6.07, 6.45) is -3.55. The Hall–Kier alpha value is -3.10. The highest BCUT2D eigenvalue weighted by atomic mass is 19.4. The number of hydrogen-bond donors (Lipinski definition) is 2. The number of carbonyl (C=O) groups excluding carboxylic acids is 1. The number of pyridine rings is 1. The maximum absolute atomic E-state index is 13.4. The number of aromatic nitrogens is 1. The molecule has 2 aromatic rings. The maximum Gasteiger partial charge on any atom is 0.418 e. The molecule has 0 atom stereocenters. The summed E-state index contributed by atoms with van der Waals surface area (Å²) < 4.78 is 40.3. The number of nitrogens with zero attached hydrogens (tertiary/aromatic N) is 2. The number of rotatable bonds is 4. The third-order valence-electron chi connectivity index (χ3n) is 4.31. The first-order chi connectivity index (χ1) is 12.7. The van der Waals surface area contributed by atoms with Crippen molar-refractivity contribution in [2.45, 2.75) is 25.6 Å². The number of benzene rings is 1. The summed E-state index contributed by atoms with van der Waals surface area (Å²) in [6.45, 7) is 0.870. The highest BCUT2D eigenvalue weighted by Gasteiger charge is 2.36. The van der Waals surface area contributed by atoms with Gasteiger partial charge < -0.3 is 15.7 Å². The minimum Gasteiger partial charge on any atom is -0.476 e. The second kappa shape index (κ2) is 6.90. The molecular weight excluding hydrogens is 363 g/mol. The Kier molecular flexibility index (Phi) is 4.77.